The van der Waals surface area contributed by atoms with Crippen molar-refractivity contribution in [1.29, 1.82) is 0 Å². The van der Waals surface area contributed by atoms with Gasteiger partial charge in [-0.2, -0.15) is 0 Å². The smallest absolute Gasteiger partial charge is 0.283 e. The number of hydrogen-bond donors (Lipinski definition) is 0. The van der Waals surface area contributed by atoms with Gasteiger partial charge in [0.05, 0.1) is 11.3 Å². The molecule has 0 aromatic heterocycles. The van der Waals surface area contributed by atoms with Crippen LogP contribution >= 0.6 is 11.6 Å². The third-order valence-corrected chi connectivity index (χ3v) is 3.67. The number of carbonyl (C=O) groups is 2. The number of anilines is 1. The van der Waals surface area contributed by atoms with E-state index in [1.54, 1.807) is 18.2 Å². The zero-order valence-electron chi connectivity index (χ0n) is 9.86. The van der Waals surface area contributed by atoms with Crippen LogP contribution in [-0.2, 0) is 4.79 Å². The molecule has 1 amide bonds. The van der Waals surface area contributed by atoms with Crippen molar-refractivity contribution in [2.75, 3.05) is 18.1 Å². The highest BCUT2D eigenvalue weighted by Crippen LogP contribution is 2.33. The topological polar surface area (TPSA) is 40.6 Å². The van der Waals surface area contributed by atoms with Gasteiger partial charge >= 0.3 is 5.91 Å². The van der Waals surface area contributed by atoms with Crippen LogP contribution in [0.15, 0.2) is 18.2 Å². The SMILES string of the molecule is O=C1C(=O)N(N2CCCCC2)c2ccc(Cl)cc21. The molecule has 2 aliphatic heterocycles. The van der Waals surface area contributed by atoms with Crippen LogP contribution in [0.5, 0.6) is 0 Å². The molecule has 1 aromatic carbocycles. The maximum Gasteiger partial charge on any atom is 0.314 e. The van der Waals surface area contributed by atoms with Crippen LogP contribution < -0.4 is 5.01 Å². The highest BCUT2D eigenvalue weighted by Gasteiger charge is 2.39. The summed E-state index contributed by atoms with van der Waals surface area (Å²) >= 11 is 5.87. The van der Waals surface area contributed by atoms with Crippen molar-refractivity contribution in [3.05, 3.63) is 28.8 Å². The van der Waals surface area contributed by atoms with Gasteiger partial charge in [0, 0.05) is 18.1 Å². The molecule has 1 saturated heterocycles. The summed E-state index contributed by atoms with van der Waals surface area (Å²) in [7, 11) is 0. The minimum Gasteiger partial charge on any atom is -0.283 e. The fourth-order valence-electron chi connectivity index (χ4n) is 2.55. The highest BCUT2D eigenvalue weighted by atomic mass is 35.5. The number of fused-ring (bicyclic) bond motifs is 1. The van der Waals surface area contributed by atoms with Gasteiger partial charge in [-0.05, 0) is 31.0 Å². The molecule has 3 rings (SSSR count). The zero-order chi connectivity index (χ0) is 12.7. The Morgan fingerprint density at radius 1 is 1.06 bits per heavy atom. The number of hydrogen-bond acceptors (Lipinski definition) is 3. The minimum atomic E-state index is -0.464. The maximum atomic E-state index is 12.1. The number of rotatable bonds is 1. The van der Waals surface area contributed by atoms with Crippen molar-refractivity contribution < 1.29 is 9.59 Å². The van der Waals surface area contributed by atoms with Gasteiger partial charge in [0.1, 0.15) is 0 Å². The Morgan fingerprint density at radius 3 is 2.50 bits per heavy atom. The molecule has 0 aliphatic carbocycles. The van der Waals surface area contributed by atoms with Crippen LogP contribution in [0.4, 0.5) is 5.69 Å². The van der Waals surface area contributed by atoms with Crippen LogP contribution in [0.2, 0.25) is 5.02 Å². The monoisotopic (exact) mass is 264 g/mol. The summed E-state index contributed by atoms with van der Waals surface area (Å²) in [6.07, 6.45) is 3.29. The Morgan fingerprint density at radius 2 is 1.78 bits per heavy atom. The van der Waals surface area contributed by atoms with E-state index in [0.717, 1.165) is 25.9 Å². The Balaban J connectivity index is 2.01. The summed E-state index contributed by atoms with van der Waals surface area (Å²) in [5.74, 6) is -0.924. The fraction of sp³-hybridized carbons (Fsp3) is 0.385. The van der Waals surface area contributed by atoms with Gasteiger partial charge in [0.25, 0.3) is 5.78 Å². The third-order valence-electron chi connectivity index (χ3n) is 3.43. The number of benzene rings is 1. The highest BCUT2D eigenvalue weighted by molar-refractivity contribution is 6.52. The first-order valence-electron chi connectivity index (χ1n) is 6.11. The second-order valence-electron chi connectivity index (χ2n) is 4.62. The molecule has 0 spiro atoms. The molecule has 0 unspecified atom stereocenters. The van der Waals surface area contributed by atoms with Gasteiger partial charge in [0.15, 0.2) is 0 Å². The molecule has 0 radical (unpaired) electrons. The minimum absolute atomic E-state index is 0.415. The van der Waals surface area contributed by atoms with Crippen LogP contribution in [-0.4, -0.2) is 29.8 Å². The molecule has 0 saturated carbocycles. The first-order valence-corrected chi connectivity index (χ1v) is 6.49. The lowest BCUT2D eigenvalue weighted by atomic mass is 10.1. The summed E-state index contributed by atoms with van der Waals surface area (Å²) in [5.41, 5.74) is 1.08. The average Bonchev–Trinajstić information content (AvgIpc) is 2.64. The second kappa shape index (κ2) is 4.37. The second-order valence-corrected chi connectivity index (χ2v) is 5.06. The van der Waals surface area contributed by atoms with Crippen molar-refractivity contribution in [2.45, 2.75) is 19.3 Å². The maximum absolute atomic E-state index is 12.1. The third kappa shape index (κ3) is 1.72. The van der Waals surface area contributed by atoms with Gasteiger partial charge in [-0.25, -0.2) is 10.0 Å². The van der Waals surface area contributed by atoms with E-state index >= 15 is 0 Å². The number of nitrogens with zero attached hydrogens (tertiary/aromatic N) is 2. The van der Waals surface area contributed by atoms with Gasteiger partial charge in [0.2, 0.25) is 0 Å². The van der Waals surface area contributed by atoms with E-state index in [4.69, 9.17) is 11.6 Å². The van der Waals surface area contributed by atoms with Crippen molar-refractivity contribution in [3.63, 3.8) is 0 Å². The first kappa shape index (κ1) is 11.7. The number of ketones is 1. The Labute approximate surface area is 110 Å². The predicted molar refractivity (Wildman–Crippen MR) is 68.7 cm³/mol. The molecule has 1 fully saturated rings. The average molecular weight is 265 g/mol. The van der Waals surface area contributed by atoms with E-state index < -0.39 is 11.7 Å². The van der Waals surface area contributed by atoms with Crippen LogP contribution in [0.3, 0.4) is 0 Å². The molecule has 5 heteroatoms. The quantitative estimate of drug-likeness (QED) is 0.731. The standard InChI is InChI=1S/C13H13ClN2O2/c14-9-4-5-11-10(8-9)12(17)13(18)16(11)15-6-2-1-3-7-15/h4-5,8H,1-3,6-7H2. The lowest BCUT2D eigenvalue weighted by Gasteiger charge is -2.34. The predicted octanol–water partition coefficient (Wildman–Crippen LogP) is 2.27. The van der Waals surface area contributed by atoms with Gasteiger partial charge in [-0.15, -0.1) is 0 Å². The van der Waals surface area contributed by atoms with E-state index in [2.05, 4.69) is 0 Å². The van der Waals surface area contributed by atoms with Gasteiger partial charge in [-0.1, -0.05) is 18.0 Å². The Hall–Kier alpha value is -1.39. The molecule has 0 bridgehead atoms. The Kier molecular flexibility index (Phi) is 2.84. The largest absolute Gasteiger partial charge is 0.314 e. The van der Waals surface area contributed by atoms with Crippen LogP contribution in [0, 0.1) is 0 Å². The zero-order valence-corrected chi connectivity index (χ0v) is 10.6. The first-order chi connectivity index (χ1) is 8.68. The lowest BCUT2D eigenvalue weighted by Crippen LogP contribution is -2.48. The van der Waals surface area contributed by atoms with E-state index in [-0.39, 0.29) is 0 Å². The van der Waals surface area contributed by atoms with Gasteiger partial charge < -0.3 is 0 Å². The van der Waals surface area contributed by atoms with E-state index in [0.29, 0.717) is 16.3 Å². The molecule has 0 atom stereocenters. The number of amides is 1. The molecular weight excluding hydrogens is 252 g/mol. The fourth-order valence-corrected chi connectivity index (χ4v) is 2.73. The van der Waals surface area contributed by atoms with Crippen LogP contribution in [0.1, 0.15) is 29.6 Å². The molecule has 18 heavy (non-hydrogen) atoms. The molecule has 0 N–H and O–H groups in total. The Bertz CT molecular complexity index is 524. The molecule has 94 valence electrons. The van der Waals surface area contributed by atoms with Crippen molar-refractivity contribution >= 4 is 29.0 Å². The normalized spacial score (nSPS) is 20.4. The molecule has 1 aromatic rings. The molecule has 2 aliphatic rings. The summed E-state index contributed by atoms with van der Waals surface area (Å²) in [4.78, 5) is 24.0. The van der Waals surface area contributed by atoms with E-state index in [9.17, 15) is 9.59 Å². The summed E-state index contributed by atoms with van der Waals surface area (Å²) in [6.45, 7) is 1.64. The number of piperidine rings is 1. The molecular formula is C13H13ClN2O2. The van der Waals surface area contributed by atoms with Crippen molar-refractivity contribution in [1.82, 2.24) is 5.01 Å². The summed E-state index contributed by atoms with van der Waals surface area (Å²) < 4.78 is 0. The summed E-state index contributed by atoms with van der Waals surface area (Å²) in [6, 6.07) is 5.03. The molecule has 2 heterocycles. The lowest BCUT2D eigenvalue weighted by molar-refractivity contribution is -0.117. The van der Waals surface area contributed by atoms with Crippen LogP contribution in [0.25, 0.3) is 0 Å². The van der Waals surface area contributed by atoms with E-state index in [1.807, 2.05) is 5.01 Å². The number of Topliss-reactive ketones (excluding diaryl/α,β-unsaturated/α-hetero) is 1. The van der Waals surface area contributed by atoms with Crippen molar-refractivity contribution in [3.8, 4) is 0 Å². The van der Waals surface area contributed by atoms with Gasteiger partial charge in [-0.3, -0.25) is 9.59 Å². The summed E-state index contributed by atoms with van der Waals surface area (Å²) in [5, 5.41) is 3.96. The number of carbonyl (C=O) groups excluding carboxylic acids is 2. The number of halogens is 1. The molecule has 4 nitrogen and oxygen atoms in total. The number of hydrazine groups is 1. The van der Waals surface area contributed by atoms with Crippen molar-refractivity contribution in [2.24, 2.45) is 0 Å². The van der Waals surface area contributed by atoms with E-state index in [1.165, 1.54) is 11.4 Å².